The minimum absolute atomic E-state index is 0.00910. The van der Waals surface area contributed by atoms with Crippen LogP contribution in [0.3, 0.4) is 0 Å². The van der Waals surface area contributed by atoms with Gasteiger partial charge < -0.3 is 35.0 Å². The minimum Gasteiger partial charge on any atom is -0.744 e. The molecule has 0 bridgehead atoms. The third-order valence-corrected chi connectivity index (χ3v) is 19.5. The number of carbonyl (C=O) groups excluding carboxylic acids is 2. The number of fused-ring (bicyclic) bond motifs is 5. The molecule has 9 rings (SSSR count). The molecule has 7 N–H and O–H groups in total. The summed E-state index contributed by atoms with van der Waals surface area (Å²) in [4.78, 5) is 35.7. The number of nitrogen functional groups attached to an aromatic ring is 1. The molecule has 2 aliphatic rings. The van der Waals surface area contributed by atoms with Crippen LogP contribution in [0.25, 0.3) is 28.3 Å². The van der Waals surface area contributed by atoms with Gasteiger partial charge in [-0.3, -0.25) is 23.2 Å². The van der Waals surface area contributed by atoms with Crippen LogP contribution in [0.15, 0.2) is 136 Å². The zero-order valence-corrected chi connectivity index (χ0v) is 54.1. The number of aryl methyl sites for hydroxylation is 2. The molecule has 0 spiro atoms. The van der Waals surface area contributed by atoms with Crippen LogP contribution >= 0.6 is 0 Å². The van der Waals surface area contributed by atoms with E-state index in [2.05, 4.69) is 30.8 Å². The van der Waals surface area contributed by atoms with E-state index >= 15 is 0 Å². The van der Waals surface area contributed by atoms with Gasteiger partial charge in [0.1, 0.15) is 22.4 Å². The highest BCUT2D eigenvalue weighted by Crippen LogP contribution is 2.52. The third kappa shape index (κ3) is 16.7. The Bertz CT molecular complexity index is 4490. The average Bonchev–Trinajstić information content (AvgIpc) is 1.60. The second kappa shape index (κ2) is 28.4. The van der Waals surface area contributed by atoms with E-state index in [9.17, 15) is 61.5 Å². The van der Waals surface area contributed by atoms with E-state index < -0.39 is 67.7 Å². The molecule has 1 atom stereocenters. The van der Waals surface area contributed by atoms with Crippen LogP contribution < -0.4 is 26.0 Å². The molecule has 0 fully saturated rings. The molecule has 92 heavy (non-hydrogen) atoms. The van der Waals surface area contributed by atoms with E-state index in [1.54, 1.807) is 64.2 Å². The molecular formula is C61H73N11O16S4. The molecule has 2 amide bonds. The van der Waals surface area contributed by atoms with Crippen LogP contribution in [-0.4, -0.2) is 148 Å². The van der Waals surface area contributed by atoms with Crippen molar-refractivity contribution in [2.75, 3.05) is 54.9 Å². The van der Waals surface area contributed by atoms with Crippen molar-refractivity contribution in [1.82, 2.24) is 40.0 Å². The van der Waals surface area contributed by atoms with Crippen molar-refractivity contribution >= 4 is 92.0 Å². The Labute approximate surface area is 533 Å². The number of hydrogen-bond donors (Lipinski definition) is 6. The Morgan fingerprint density at radius 2 is 1.47 bits per heavy atom. The number of hydrogen-bond acceptors (Lipinski definition) is 19. The van der Waals surface area contributed by atoms with Crippen molar-refractivity contribution in [2.45, 2.75) is 119 Å². The standard InChI is InChI=1S/C61H73N11O16S4/c1-60(2)47-38-44(91(81,82)83)25-27-49(47)69(32-14-36-89(75,76)77)52(60)18-6-4-7-19-53-61(3,48-39-45(92(84,85)86)26-28-50(48)70(53)33-15-37-90(78,79)80)29-9-5-8-20-54(73)63-30-10-11-31-64-55(74)41-88-43-23-21-42(22-24-43)16-12-34-71-57-46(40-65-71)58-66-56(51-17-13-35-87-51)68-72(58)59(62)67-57/h4,6-7,13,17-19,21-28,35,38-40H,5,8-12,14-16,20,29-34,36-37,41H2,1-3H3,(H7-,62,63,64,65,66,67,68,73,74,75,76,77,78,79,80,81,82,83,84,85,86). The summed E-state index contributed by atoms with van der Waals surface area (Å²) in [5.41, 5.74) is 10.00. The number of unbranched alkanes of at least 4 members (excludes halogenated alkanes) is 3. The Balaban J connectivity index is 0.740. The molecule has 492 valence electrons. The fourth-order valence-corrected chi connectivity index (χ4v) is 13.7. The summed E-state index contributed by atoms with van der Waals surface area (Å²) in [6.07, 6.45) is 16.9. The van der Waals surface area contributed by atoms with Gasteiger partial charge in [0.2, 0.25) is 23.4 Å². The zero-order valence-electron chi connectivity index (χ0n) is 50.8. The van der Waals surface area contributed by atoms with Gasteiger partial charge in [0.05, 0.1) is 44.6 Å². The van der Waals surface area contributed by atoms with E-state index in [4.69, 9.17) is 14.9 Å². The maximum atomic E-state index is 12.9. The van der Waals surface area contributed by atoms with E-state index in [0.717, 1.165) is 18.4 Å². The molecule has 0 radical (unpaired) electrons. The molecule has 1 unspecified atom stereocenters. The number of allylic oxidation sites excluding steroid dienone is 6. The summed E-state index contributed by atoms with van der Waals surface area (Å²) in [6, 6.07) is 19.1. The van der Waals surface area contributed by atoms with Gasteiger partial charge in [0.25, 0.3) is 36.3 Å². The first-order valence-corrected chi connectivity index (χ1v) is 35.8. The first-order valence-electron chi connectivity index (χ1n) is 29.8. The lowest BCUT2D eigenvalue weighted by Crippen LogP contribution is -2.30. The van der Waals surface area contributed by atoms with E-state index in [0.29, 0.717) is 126 Å². The number of nitrogens with zero attached hydrogens (tertiary/aromatic N) is 8. The Hall–Kier alpha value is -8.17. The Morgan fingerprint density at radius 3 is 2.16 bits per heavy atom. The molecule has 0 aliphatic carbocycles. The van der Waals surface area contributed by atoms with Crippen molar-refractivity contribution < 1.29 is 75.2 Å². The van der Waals surface area contributed by atoms with E-state index in [-0.39, 0.29) is 61.6 Å². The number of nitrogens with one attached hydrogen (secondary N) is 2. The van der Waals surface area contributed by atoms with Gasteiger partial charge in [-0.15, -0.1) is 5.10 Å². The predicted molar refractivity (Wildman–Crippen MR) is 341 cm³/mol. The van der Waals surface area contributed by atoms with Crippen molar-refractivity contribution in [2.24, 2.45) is 0 Å². The third-order valence-electron chi connectivity index (χ3n) is 16.3. The molecule has 4 aromatic heterocycles. The SMILES string of the molecule is CC1(C)C(/C=C/C=C/C=C2/N(CCCS(=O)(=O)O)c3ccc(S(=O)(=O)O)cc3C2(C)CCCCCC(=O)NCCCCNC(=O)COc2ccc(CCCn3ncc4c3nc(N)n3nc(-c5ccco5)nc43)cc2)=[N+](CCCS(=O)(=O)O)c2ccc(S(=O)(=O)[O-])cc21. The monoisotopic (exact) mass is 1340 g/mol. The molecular weight excluding hydrogens is 1270 g/mol. The highest BCUT2D eigenvalue weighted by molar-refractivity contribution is 7.86. The lowest BCUT2D eigenvalue weighted by Gasteiger charge is -2.30. The molecule has 2 aliphatic heterocycles. The van der Waals surface area contributed by atoms with Crippen LogP contribution in [0, 0.1) is 0 Å². The van der Waals surface area contributed by atoms with Gasteiger partial charge >= 0.3 is 0 Å². The molecule has 6 heterocycles. The first-order chi connectivity index (χ1) is 43.5. The zero-order chi connectivity index (χ0) is 66.2. The molecule has 7 aromatic rings. The maximum absolute atomic E-state index is 12.9. The minimum atomic E-state index is -4.82. The van der Waals surface area contributed by atoms with Crippen molar-refractivity contribution in [1.29, 1.82) is 0 Å². The van der Waals surface area contributed by atoms with Crippen molar-refractivity contribution in [3.63, 3.8) is 0 Å². The van der Waals surface area contributed by atoms with Crippen LogP contribution in [0.4, 0.5) is 17.3 Å². The van der Waals surface area contributed by atoms with Crippen LogP contribution in [0.2, 0.25) is 0 Å². The summed E-state index contributed by atoms with van der Waals surface area (Å²) >= 11 is 0. The van der Waals surface area contributed by atoms with Gasteiger partial charge in [-0.25, -0.2) is 18.1 Å². The van der Waals surface area contributed by atoms with Gasteiger partial charge in [-0.2, -0.15) is 44.4 Å². The molecule has 3 aromatic carbocycles. The fraction of sp³-hybridized carbons (Fsp3) is 0.393. The number of anilines is 2. The first kappa shape index (κ1) is 68.2. The summed E-state index contributed by atoms with van der Waals surface area (Å²) in [5.74, 6) is 0.0885. The number of aromatic nitrogens is 6. The average molecular weight is 1340 g/mol. The van der Waals surface area contributed by atoms with E-state index in [1.165, 1.54) is 40.9 Å². The lowest BCUT2D eigenvalue weighted by molar-refractivity contribution is -0.437. The van der Waals surface area contributed by atoms with Gasteiger partial charge in [0, 0.05) is 73.5 Å². The maximum Gasteiger partial charge on any atom is 0.294 e. The highest BCUT2D eigenvalue weighted by atomic mass is 32.2. The quantitative estimate of drug-likeness (QED) is 0.0109. The Morgan fingerprint density at radius 1 is 0.761 bits per heavy atom. The fourth-order valence-electron chi connectivity index (χ4n) is 11.7. The number of ether oxygens (including phenoxy) is 1. The molecule has 27 nitrogen and oxygen atoms in total. The van der Waals surface area contributed by atoms with Crippen LogP contribution in [0.1, 0.15) is 102 Å². The summed E-state index contributed by atoms with van der Waals surface area (Å²) in [7, 11) is -18.2. The number of carbonyl (C=O) groups is 2. The normalized spacial score (nSPS) is 16.4. The Kier molecular flexibility index (Phi) is 21.0. The number of amides is 2. The van der Waals surface area contributed by atoms with Gasteiger partial charge in [-0.1, -0.05) is 43.2 Å². The predicted octanol–water partition coefficient (Wildman–Crippen LogP) is 6.85. The van der Waals surface area contributed by atoms with Crippen molar-refractivity contribution in [3.05, 3.63) is 138 Å². The number of furan rings is 1. The van der Waals surface area contributed by atoms with Gasteiger partial charge in [-0.05, 0) is 138 Å². The lowest BCUT2D eigenvalue weighted by atomic mass is 9.77. The summed E-state index contributed by atoms with van der Waals surface area (Å²) in [5, 5.41) is 15.4. The summed E-state index contributed by atoms with van der Waals surface area (Å²) < 4.78 is 154. The van der Waals surface area contributed by atoms with Crippen LogP contribution in [0.5, 0.6) is 5.75 Å². The summed E-state index contributed by atoms with van der Waals surface area (Å²) in [6.45, 7) is 6.91. The smallest absolute Gasteiger partial charge is 0.294 e. The van der Waals surface area contributed by atoms with Gasteiger partial charge in [0.15, 0.2) is 29.4 Å². The highest BCUT2D eigenvalue weighted by Gasteiger charge is 2.46. The molecule has 31 heteroatoms. The second-order valence-electron chi connectivity index (χ2n) is 23.2. The number of nitrogens with two attached hydrogens (primary N) is 1. The second-order valence-corrected chi connectivity index (χ2v) is 29.2. The number of rotatable bonds is 32. The molecule has 0 saturated carbocycles. The largest absolute Gasteiger partial charge is 0.744 e. The topological polar surface area (TPSA) is 394 Å². The van der Waals surface area contributed by atoms with E-state index in [1.807, 2.05) is 49.9 Å². The van der Waals surface area contributed by atoms with Crippen LogP contribution in [-0.2, 0) is 73.9 Å². The number of benzene rings is 3. The van der Waals surface area contributed by atoms with Crippen molar-refractivity contribution in [3.8, 4) is 17.3 Å². The molecule has 0 saturated heterocycles.